The molecule has 0 bridgehead atoms. The summed E-state index contributed by atoms with van der Waals surface area (Å²) in [6, 6.07) is 6.28. The van der Waals surface area contributed by atoms with Crippen molar-refractivity contribution < 1.29 is 4.92 Å². The van der Waals surface area contributed by atoms with Gasteiger partial charge in [0.05, 0.1) is 4.92 Å². The van der Waals surface area contributed by atoms with Crippen molar-refractivity contribution in [2.24, 2.45) is 5.92 Å². The summed E-state index contributed by atoms with van der Waals surface area (Å²) in [5.41, 5.74) is 1.93. The number of benzene rings is 1. The van der Waals surface area contributed by atoms with E-state index in [1.807, 2.05) is 12.1 Å². The first-order chi connectivity index (χ1) is 9.02. The molecule has 4 nitrogen and oxygen atoms in total. The van der Waals surface area contributed by atoms with Gasteiger partial charge in [0, 0.05) is 23.7 Å². The Bertz CT molecular complexity index is 473. The Hall–Kier alpha value is -1.42. The summed E-state index contributed by atoms with van der Waals surface area (Å²) in [7, 11) is 0. The lowest BCUT2D eigenvalue weighted by molar-refractivity contribution is -0.385. The third kappa shape index (κ3) is 3.32. The number of nitrogens with zero attached hydrogens (tertiary/aromatic N) is 1. The van der Waals surface area contributed by atoms with Crippen molar-refractivity contribution in [3.63, 3.8) is 0 Å². The van der Waals surface area contributed by atoms with Crippen molar-refractivity contribution in [3.05, 3.63) is 39.4 Å². The van der Waals surface area contributed by atoms with Crippen LogP contribution < -0.4 is 5.32 Å². The normalized spacial score (nSPS) is 23.1. The summed E-state index contributed by atoms with van der Waals surface area (Å²) >= 11 is 0. The molecular formula is C15H22N2O2. The van der Waals surface area contributed by atoms with Gasteiger partial charge in [0.2, 0.25) is 0 Å². The van der Waals surface area contributed by atoms with Crippen LogP contribution in [0, 0.1) is 23.0 Å². The van der Waals surface area contributed by atoms with Crippen molar-refractivity contribution >= 4 is 5.69 Å². The Balaban J connectivity index is 2.02. The van der Waals surface area contributed by atoms with Gasteiger partial charge in [0.1, 0.15) is 0 Å². The summed E-state index contributed by atoms with van der Waals surface area (Å²) in [6.07, 6.45) is 3.75. The highest BCUT2D eigenvalue weighted by Gasteiger charge is 2.36. The van der Waals surface area contributed by atoms with E-state index in [9.17, 15) is 10.1 Å². The maximum absolute atomic E-state index is 11.0. The van der Waals surface area contributed by atoms with E-state index in [1.165, 1.54) is 19.3 Å². The molecular weight excluding hydrogens is 240 g/mol. The highest BCUT2D eigenvalue weighted by Crippen LogP contribution is 2.36. The van der Waals surface area contributed by atoms with Crippen LogP contribution >= 0.6 is 0 Å². The lowest BCUT2D eigenvalue weighted by atomic mass is 10.0. The highest BCUT2D eigenvalue weighted by atomic mass is 16.6. The molecule has 4 heteroatoms. The number of nitro groups is 1. The number of hydrogen-bond donors (Lipinski definition) is 1. The molecule has 1 aromatic rings. The largest absolute Gasteiger partial charge is 0.307 e. The minimum atomic E-state index is -0.303. The molecule has 1 aromatic carbocycles. The van der Waals surface area contributed by atoms with E-state index in [2.05, 4.69) is 19.2 Å². The van der Waals surface area contributed by atoms with E-state index in [1.54, 1.807) is 13.0 Å². The van der Waals surface area contributed by atoms with Gasteiger partial charge in [0.15, 0.2) is 0 Å². The first-order valence-electron chi connectivity index (χ1n) is 7.04. The molecule has 3 atom stereocenters. The maximum Gasteiger partial charge on any atom is 0.272 e. The van der Waals surface area contributed by atoms with Crippen LogP contribution in [0.1, 0.15) is 50.3 Å². The number of nitrogens with one attached hydrogen (secondary N) is 1. The standard InChI is InChI=1S/C15H22N2O2/c1-4-5-13-8-14(13)16-11(3)12-7-6-10(2)15(9-12)17(18)19/h6-7,9,11,13-14,16H,4-5,8H2,1-3H3. The lowest BCUT2D eigenvalue weighted by Crippen LogP contribution is -2.22. The Morgan fingerprint density at radius 3 is 2.89 bits per heavy atom. The van der Waals surface area contributed by atoms with Crippen LogP contribution in [0.5, 0.6) is 0 Å². The topological polar surface area (TPSA) is 55.2 Å². The van der Waals surface area contributed by atoms with Gasteiger partial charge >= 0.3 is 0 Å². The van der Waals surface area contributed by atoms with Crippen molar-refractivity contribution in [1.82, 2.24) is 5.32 Å². The molecule has 0 heterocycles. The Morgan fingerprint density at radius 1 is 1.53 bits per heavy atom. The molecule has 1 aliphatic rings. The van der Waals surface area contributed by atoms with E-state index < -0.39 is 0 Å². The summed E-state index contributed by atoms with van der Waals surface area (Å²) < 4.78 is 0. The predicted octanol–water partition coefficient (Wildman–Crippen LogP) is 3.74. The zero-order valence-corrected chi connectivity index (χ0v) is 11.8. The number of aryl methyl sites for hydroxylation is 1. The van der Waals surface area contributed by atoms with E-state index in [0.29, 0.717) is 6.04 Å². The predicted molar refractivity (Wildman–Crippen MR) is 76.2 cm³/mol. The van der Waals surface area contributed by atoms with Gasteiger partial charge < -0.3 is 5.32 Å². The summed E-state index contributed by atoms with van der Waals surface area (Å²) in [5, 5.41) is 14.5. The maximum atomic E-state index is 11.0. The van der Waals surface area contributed by atoms with Crippen LogP contribution in [-0.4, -0.2) is 11.0 Å². The molecule has 1 saturated carbocycles. The van der Waals surface area contributed by atoms with Crippen molar-refractivity contribution in [2.75, 3.05) is 0 Å². The molecule has 0 amide bonds. The molecule has 2 rings (SSSR count). The van der Waals surface area contributed by atoms with Gasteiger partial charge in [-0.3, -0.25) is 10.1 Å². The number of rotatable bonds is 6. The van der Waals surface area contributed by atoms with Gasteiger partial charge in [-0.25, -0.2) is 0 Å². The highest BCUT2D eigenvalue weighted by molar-refractivity contribution is 5.43. The van der Waals surface area contributed by atoms with Crippen LogP contribution in [0.15, 0.2) is 18.2 Å². The van der Waals surface area contributed by atoms with Crippen molar-refractivity contribution in [1.29, 1.82) is 0 Å². The molecule has 1 aliphatic carbocycles. The molecule has 3 unspecified atom stereocenters. The minimum absolute atomic E-state index is 0.172. The van der Waals surface area contributed by atoms with E-state index >= 15 is 0 Å². The Kier molecular flexibility index (Phi) is 4.20. The third-order valence-electron chi connectivity index (χ3n) is 3.98. The second-order valence-electron chi connectivity index (χ2n) is 5.58. The Labute approximate surface area is 114 Å². The number of nitro benzene ring substituents is 1. The van der Waals surface area contributed by atoms with E-state index in [-0.39, 0.29) is 16.7 Å². The fourth-order valence-electron chi connectivity index (χ4n) is 2.65. The van der Waals surface area contributed by atoms with Gasteiger partial charge in [0.25, 0.3) is 5.69 Å². The van der Waals surface area contributed by atoms with Gasteiger partial charge in [-0.2, -0.15) is 0 Å². The summed E-state index contributed by atoms with van der Waals surface area (Å²) in [6.45, 7) is 6.07. The molecule has 19 heavy (non-hydrogen) atoms. The van der Waals surface area contributed by atoms with Crippen LogP contribution in [0.25, 0.3) is 0 Å². The second-order valence-corrected chi connectivity index (χ2v) is 5.58. The first kappa shape index (κ1) is 14.0. The average molecular weight is 262 g/mol. The second kappa shape index (κ2) is 5.70. The zero-order valence-electron chi connectivity index (χ0n) is 11.8. The fraction of sp³-hybridized carbons (Fsp3) is 0.600. The summed E-state index contributed by atoms with van der Waals surface area (Å²) in [4.78, 5) is 10.7. The molecule has 1 fully saturated rings. The third-order valence-corrected chi connectivity index (χ3v) is 3.98. The quantitative estimate of drug-likeness (QED) is 0.627. The molecule has 0 saturated heterocycles. The van der Waals surface area contributed by atoms with Crippen LogP contribution in [0.4, 0.5) is 5.69 Å². The number of hydrogen-bond acceptors (Lipinski definition) is 3. The van der Waals surface area contributed by atoms with E-state index in [4.69, 9.17) is 0 Å². The first-order valence-corrected chi connectivity index (χ1v) is 7.04. The van der Waals surface area contributed by atoms with Crippen LogP contribution in [0.2, 0.25) is 0 Å². The monoisotopic (exact) mass is 262 g/mol. The van der Waals surface area contributed by atoms with Gasteiger partial charge in [-0.1, -0.05) is 25.5 Å². The average Bonchev–Trinajstić information content (AvgIpc) is 3.07. The molecule has 104 valence electrons. The van der Waals surface area contributed by atoms with Gasteiger partial charge in [-0.05, 0) is 38.2 Å². The molecule has 0 spiro atoms. The summed E-state index contributed by atoms with van der Waals surface area (Å²) in [5.74, 6) is 0.799. The zero-order chi connectivity index (χ0) is 14.0. The molecule has 1 N–H and O–H groups in total. The van der Waals surface area contributed by atoms with E-state index in [0.717, 1.165) is 17.0 Å². The SMILES string of the molecule is CCCC1CC1NC(C)c1ccc(C)c([N+](=O)[O-])c1. The Morgan fingerprint density at radius 2 is 2.26 bits per heavy atom. The minimum Gasteiger partial charge on any atom is -0.307 e. The van der Waals surface area contributed by atoms with Crippen LogP contribution in [0.3, 0.4) is 0 Å². The van der Waals surface area contributed by atoms with Gasteiger partial charge in [-0.15, -0.1) is 0 Å². The van der Waals surface area contributed by atoms with Crippen molar-refractivity contribution in [3.8, 4) is 0 Å². The fourth-order valence-corrected chi connectivity index (χ4v) is 2.65. The smallest absolute Gasteiger partial charge is 0.272 e. The molecule has 0 aromatic heterocycles. The molecule has 0 aliphatic heterocycles. The van der Waals surface area contributed by atoms with Crippen LogP contribution in [-0.2, 0) is 0 Å². The van der Waals surface area contributed by atoms with Crippen molar-refractivity contribution in [2.45, 2.75) is 52.1 Å². The molecule has 0 radical (unpaired) electrons. The lowest BCUT2D eigenvalue weighted by Gasteiger charge is -2.14.